The van der Waals surface area contributed by atoms with E-state index in [-0.39, 0.29) is 0 Å². The van der Waals surface area contributed by atoms with Crippen molar-refractivity contribution in [1.29, 1.82) is 0 Å². The fourth-order valence-corrected chi connectivity index (χ4v) is 2.73. The van der Waals surface area contributed by atoms with Crippen LogP contribution >= 0.6 is 15.9 Å². The first kappa shape index (κ1) is 5.28. The van der Waals surface area contributed by atoms with E-state index in [0.717, 1.165) is 5.92 Å². The third-order valence-corrected chi connectivity index (χ3v) is 3.92. The smallest absolute Gasteiger partial charge is 0.0289 e. The van der Waals surface area contributed by atoms with Gasteiger partial charge in [0, 0.05) is 4.32 Å². The van der Waals surface area contributed by atoms with Crippen LogP contribution in [0.15, 0.2) is 0 Å². The van der Waals surface area contributed by atoms with Gasteiger partial charge in [0.15, 0.2) is 0 Å². The standard InChI is InChI=1S/C7H11Br/c8-7-4-2-1-3-6(7)5-7/h6H,1-5H2/t6-,7-/m0/s1. The van der Waals surface area contributed by atoms with Crippen LogP contribution in [0.5, 0.6) is 0 Å². The number of fused-ring (bicyclic) bond motifs is 1. The average molecular weight is 175 g/mol. The van der Waals surface area contributed by atoms with Crippen molar-refractivity contribution in [3.63, 3.8) is 0 Å². The van der Waals surface area contributed by atoms with E-state index < -0.39 is 0 Å². The molecule has 0 saturated heterocycles. The predicted octanol–water partition coefficient (Wildman–Crippen LogP) is 2.71. The molecule has 8 heavy (non-hydrogen) atoms. The Morgan fingerprint density at radius 1 is 1.38 bits per heavy atom. The first-order chi connectivity index (χ1) is 3.81. The Kier molecular flexibility index (Phi) is 0.989. The summed E-state index contributed by atoms with van der Waals surface area (Å²) in [6.45, 7) is 0. The van der Waals surface area contributed by atoms with E-state index in [0.29, 0.717) is 4.32 Å². The molecule has 0 aromatic heterocycles. The van der Waals surface area contributed by atoms with E-state index >= 15 is 0 Å². The number of hydrogen-bond donors (Lipinski definition) is 0. The Morgan fingerprint density at radius 2 is 2.25 bits per heavy atom. The molecule has 2 atom stereocenters. The lowest BCUT2D eigenvalue weighted by Crippen LogP contribution is -2.06. The van der Waals surface area contributed by atoms with Crippen LogP contribution in [-0.2, 0) is 0 Å². The monoisotopic (exact) mass is 174 g/mol. The largest absolute Gasteiger partial charge is 0.0850 e. The van der Waals surface area contributed by atoms with Gasteiger partial charge in [0.25, 0.3) is 0 Å². The van der Waals surface area contributed by atoms with Crippen LogP contribution in [0.4, 0.5) is 0 Å². The summed E-state index contributed by atoms with van der Waals surface area (Å²) in [6.07, 6.45) is 7.34. The minimum Gasteiger partial charge on any atom is -0.0850 e. The summed E-state index contributed by atoms with van der Waals surface area (Å²) in [5.74, 6) is 1.07. The molecule has 46 valence electrons. The molecular weight excluding hydrogens is 164 g/mol. The van der Waals surface area contributed by atoms with Crippen LogP contribution in [-0.4, -0.2) is 4.32 Å². The van der Waals surface area contributed by atoms with Gasteiger partial charge in [0.2, 0.25) is 0 Å². The maximum absolute atomic E-state index is 3.77. The molecule has 0 aliphatic heterocycles. The molecule has 2 fully saturated rings. The van der Waals surface area contributed by atoms with E-state index in [1.54, 1.807) is 0 Å². The zero-order valence-corrected chi connectivity index (χ0v) is 6.58. The lowest BCUT2D eigenvalue weighted by molar-refractivity contribution is 0.509. The van der Waals surface area contributed by atoms with Crippen LogP contribution in [0.25, 0.3) is 0 Å². The van der Waals surface area contributed by atoms with Crippen LogP contribution in [0.1, 0.15) is 32.1 Å². The highest BCUT2D eigenvalue weighted by Gasteiger charge is 2.52. The number of rotatable bonds is 0. The lowest BCUT2D eigenvalue weighted by Gasteiger charge is -2.13. The summed E-state index contributed by atoms with van der Waals surface area (Å²) in [4.78, 5) is 0. The third kappa shape index (κ3) is 0.637. The summed E-state index contributed by atoms with van der Waals surface area (Å²) < 4.78 is 0.658. The minimum absolute atomic E-state index is 0.658. The summed E-state index contributed by atoms with van der Waals surface area (Å²) >= 11 is 3.77. The summed E-state index contributed by atoms with van der Waals surface area (Å²) in [5, 5.41) is 0. The molecule has 0 heterocycles. The van der Waals surface area contributed by atoms with Gasteiger partial charge in [-0.25, -0.2) is 0 Å². The number of halogens is 1. The molecular formula is C7H11Br. The van der Waals surface area contributed by atoms with Crippen molar-refractivity contribution in [3.05, 3.63) is 0 Å². The van der Waals surface area contributed by atoms with Crippen molar-refractivity contribution in [3.8, 4) is 0 Å². The van der Waals surface area contributed by atoms with Crippen molar-refractivity contribution in [2.24, 2.45) is 5.92 Å². The SMILES string of the molecule is Br[C@]12CCCC[C@H]1C2. The fourth-order valence-electron chi connectivity index (χ4n) is 1.83. The molecule has 0 N–H and O–H groups in total. The maximum Gasteiger partial charge on any atom is 0.0289 e. The van der Waals surface area contributed by atoms with Crippen LogP contribution in [0, 0.1) is 5.92 Å². The topological polar surface area (TPSA) is 0 Å². The van der Waals surface area contributed by atoms with Crippen molar-refractivity contribution in [2.45, 2.75) is 36.4 Å². The van der Waals surface area contributed by atoms with Gasteiger partial charge in [-0.15, -0.1) is 0 Å². The molecule has 2 aliphatic rings. The molecule has 0 amide bonds. The van der Waals surface area contributed by atoms with E-state index in [1.807, 2.05) is 0 Å². The molecule has 2 rings (SSSR count). The zero-order chi connectivity index (χ0) is 5.61. The van der Waals surface area contributed by atoms with Crippen LogP contribution in [0.3, 0.4) is 0 Å². The highest BCUT2D eigenvalue weighted by molar-refractivity contribution is 9.10. The molecule has 0 aromatic rings. The van der Waals surface area contributed by atoms with Crippen LogP contribution in [0.2, 0.25) is 0 Å². The average Bonchev–Trinajstić information content (AvgIpc) is 2.39. The first-order valence-corrected chi connectivity index (χ1v) is 4.29. The second-order valence-electron chi connectivity index (χ2n) is 3.18. The van der Waals surface area contributed by atoms with Crippen LogP contribution < -0.4 is 0 Å². The van der Waals surface area contributed by atoms with Gasteiger partial charge in [0.05, 0.1) is 0 Å². The normalized spacial score (nSPS) is 52.9. The molecule has 0 aromatic carbocycles. The molecule has 1 heteroatoms. The second-order valence-corrected chi connectivity index (χ2v) is 4.76. The molecule has 0 bridgehead atoms. The van der Waals surface area contributed by atoms with E-state index in [9.17, 15) is 0 Å². The van der Waals surface area contributed by atoms with Gasteiger partial charge >= 0.3 is 0 Å². The Bertz CT molecular complexity index is 109. The number of alkyl halides is 1. The third-order valence-electron chi connectivity index (χ3n) is 2.55. The molecule has 2 aliphatic carbocycles. The van der Waals surface area contributed by atoms with E-state index in [4.69, 9.17) is 0 Å². The van der Waals surface area contributed by atoms with Gasteiger partial charge in [0.1, 0.15) is 0 Å². The van der Waals surface area contributed by atoms with Crippen molar-refractivity contribution in [2.75, 3.05) is 0 Å². The molecule has 0 unspecified atom stereocenters. The van der Waals surface area contributed by atoms with Gasteiger partial charge < -0.3 is 0 Å². The van der Waals surface area contributed by atoms with Gasteiger partial charge in [-0.1, -0.05) is 28.8 Å². The van der Waals surface area contributed by atoms with Crippen molar-refractivity contribution < 1.29 is 0 Å². The Hall–Kier alpha value is 0.480. The second kappa shape index (κ2) is 1.50. The molecule has 2 saturated carbocycles. The Labute approximate surface area is 58.8 Å². The quantitative estimate of drug-likeness (QED) is 0.496. The van der Waals surface area contributed by atoms with Gasteiger partial charge in [-0.2, -0.15) is 0 Å². The number of hydrogen-bond acceptors (Lipinski definition) is 0. The highest BCUT2D eigenvalue weighted by atomic mass is 79.9. The highest BCUT2D eigenvalue weighted by Crippen LogP contribution is 2.59. The Morgan fingerprint density at radius 3 is 2.75 bits per heavy atom. The Balaban J connectivity index is 2.04. The van der Waals surface area contributed by atoms with Crippen molar-refractivity contribution >= 4 is 15.9 Å². The van der Waals surface area contributed by atoms with Crippen molar-refractivity contribution in [1.82, 2.24) is 0 Å². The predicted molar refractivity (Wildman–Crippen MR) is 38.2 cm³/mol. The van der Waals surface area contributed by atoms with E-state index in [2.05, 4.69) is 15.9 Å². The van der Waals surface area contributed by atoms with Gasteiger partial charge in [-0.05, 0) is 25.2 Å². The van der Waals surface area contributed by atoms with Gasteiger partial charge in [-0.3, -0.25) is 0 Å². The zero-order valence-electron chi connectivity index (χ0n) is 4.99. The minimum atomic E-state index is 0.658. The summed E-state index contributed by atoms with van der Waals surface area (Å²) in [6, 6.07) is 0. The molecule has 0 nitrogen and oxygen atoms in total. The molecule has 0 spiro atoms. The summed E-state index contributed by atoms with van der Waals surface area (Å²) in [7, 11) is 0. The lowest BCUT2D eigenvalue weighted by atomic mass is 10.0. The maximum atomic E-state index is 3.77. The summed E-state index contributed by atoms with van der Waals surface area (Å²) in [5.41, 5.74) is 0. The first-order valence-electron chi connectivity index (χ1n) is 3.50. The van der Waals surface area contributed by atoms with E-state index in [1.165, 1.54) is 32.1 Å². The molecule has 0 radical (unpaired) electrons. The fraction of sp³-hybridized carbons (Fsp3) is 1.00.